The number of nitro groups is 1. The molecule has 0 radical (unpaired) electrons. The number of hydrogen-bond acceptors (Lipinski definition) is 8. The monoisotopic (exact) mass is 306 g/mol. The maximum absolute atomic E-state index is 11.0. The van der Waals surface area contributed by atoms with Gasteiger partial charge in [-0.3, -0.25) is 10.1 Å². The van der Waals surface area contributed by atoms with E-state index >= 15 is 0 Å². The molecule has 0 unspecified atom stereocenters. The van der Waals surface area contributed by atoms with Crippen LogP contribution in [0.15, 0.2) is 18.2 Å². The minimum absolute atomic E-state index is 0.108. The summed E-state index contributed by atoms with van der Waals surface area (Å²) >= 11 is 5.69. The summed E-state index contributed by atoms with van der Waals surface area (Å²) in [5.41, 5.74) is -0.241. The second kappa shape index (κ2) is 5.98. The van der Waals surface area contributed by atoms with Gasteiger partial charge in [-0.15, -0.1) is 0 Å². The van der Waals surface area contributed by atoms with E-state index in [0.29, 0.717) is 0 Å². The van der Waals surface area contributed by atoms with Crippen LogP contribution in [-0.4, -0.2) is 26.9 Å². The van der Waals surface area contributed by atoms with E-state index < -0.39 is 4.92 Å². The Kier molecular flexibility index (Phi) is 4.10. The third-order valence-corrected chi connectivity index (χ3v) is 2.47. The molecule has 0 bridgehead atoms. The molecule has 1 aromatic carbocycles. The standard InChI is InChI=1S/C11H7ClN6O3/c1-14-10-15-9(12)16-11(17-10)21-8-3-2-6(5-13)4-7(8)18(19)20/h2-4H,1H3,(H,14,15,16,17). The number of nitrogens with one attached hydrogen (secondary N) is 1. The molecule has 1 N–H and O–H groups in total. The second-order valence-corrected chi connectivity index (χ2v) is 3.95. The Morgan fingerprint density at radius 2 is 2.19 bits per heavy atom. The van der Waals surface area contributed by atoms with Gasteiger partial charge in [-0.1, -0.05) is 0 Å². The normalized spacial score (nSPS) is 9.76. The Morgan fingerprint density at radius 1 is 1.43 bits per heavy atom. The molecule has 0 aliphatic rings. The minimum Gasteiger partial charge on any atom is -0.417 e. The van der Waals surface area contributed by atoms with Gasteiger partial charge in [0.25, 0.3) is 0 Å². The Bertz CT molecular complexity index is 745. The minimum atomic E-state index is -0.669. The molecule has 9 nitrogen and oxygen atoms in total. The average molecular weight is 307 g/mol. The van der Waals surface area contributed by atoms with Crippen molar-refractivity contribution >= 4 is 23.2 Å². The highest BCUT2D eigenvalue weighted by molar-refractivity contribution is 6.28. The third kappa shape index (κ3) is 3.31. The lowest BCUT2D eigenvalue weighted by atomic mass is 10.2. The van der Waals surface area contributed by atoms with Crippen LogP contribution >= 0.6 is 11.6 Å². The fourth-order valence-electron chi connectivity index (χ4n) is 1.40. The number of benzene rings is 1. The van der Waals surface area contributed by atoms with E-state index in [2.05, 4.69) is 20.3 Å². The van der Waals surface area contributed by atoms with Crippen LogP contribution < -0.4 is 10.1 Å². The summed E-state index contributed by atoms with van der Waals surface area (Å²) in [7, 11) is 1.57. The number of nitriles is 1. The molecule has 10 heteroatoms. The summed E-state index contributed by atoms with van der Waals surface area (Å²) < 4.78 is 5.26. The van der Waals surface area contributed by atoms with Crippen molar-refractivity contribution in [3.05, 3.63) is 39.2 Å². The predicted molar refractivity (Wildman–Crippen MR) is 72.3 cm³/mol. The van der Waals surface area contributed by atoms with Crippen LogP contribution in [0.1, 0.15) is 5.56 Å². The Morgan fingerprint density at radius 3 is 2.81 bits per heavy atom. The summed E-state index contributed by atoms with van der Waals surface area (Å²) in [6.45, 7) is 0. The number of nitrogens with zero attached hydrogens (tertiary/aromatic N) is 5. The zero-order valence-corrected chi connectivity index (χ0v) is 11.3. The summed E-state index contributed by atoms with van der Waals surface area (Å²) in [6.07, 6.45) is 0. The third-order valence-electron chi connectivity index (χ3n) is 2.30. The highest BCUT2D eigenvalue weighted by Crippen LogP contribution is 2.31. The van der Waals surface area contributed by atoms with Gasteiger partial charge >= 0.3 is 11.7 Å². The van der Waals surface area contributed by atoms with Crippen molar-refractivity contribution in [2.75, 3.05) is 12.4 Å². The zero-order valence-electron chi connectivity index (χ0n) is 10.6. The van der Waals surface area contributed by atoms with Crippen molar-refractivity contribution in [1.29, 1.82) is 5.26 Å². The molecule has 0 aliphatic carbocycles. The molecule has 0 atom stereocenters. The zero-order chi connectivity index (χ0) is 15.4. The largest absolute Gasteiger partial charge is 0.417 e. The number of hydrogen-bond donors (Lipinski definition) is 1. The molecule has 0 saturated heterocycles. The lowest BCUT2D eigenvalue weighted by Crippen LogP contribution is -2.02. The van der Waals surface area contributed by atoms with Crippen LogP contribution in [0.25, 0.3) is 0 Å². The van der Waals surface area contributed by atoms with Crippen molar-refractivity contribution in [2.24, 2.45) is 0 Å². The van der Waals surface area contributed by atoms with Gasteiger partial charge < -0.3 is 10.1 Å². The molecule has 0 fully saturated rings. The highest BCUT2D eigenvalue weighted by Gasteiger charge is 2.18. The summed E-state index contributed by atoms with van der Waals surface area (Å²) in [6, 6.07) is 5.37. The van der Waals surface area contributed by atoms with Gasteiger partial charge in [0.1, 0.15) is 0 Å². The summed E-state index contributed by atoms with van der Waals surface area (Å²) in [5.74, 6) is 0.0459. The smallest absolute Gasteiger partial charge is 0.328 e. The van der Waals surface area contributed by atoms with Crippen molar-refractivity contribution in [3.8, 4) is 17.8 Å². The summed E-state index contributed by atoms with van der Waals surface area (Å²) in [5, 5.41) is 22.3. The molecular weight excluding hydrogens is 300 g/mol. The molecule has 0 amide bonds. The predicted octanol–water partition coefficient (Wildman–Crippen LogP) is 2.14. The first kappa shape index (κ1) is 14.4. The molecule has 0 saturated carbocycles. The molecule has 21 heavy (non-hydrogen) atoms. The van der Waals surface area contributed by atoms with Crippen LogP contribution in [0.3, 0.4) is 0 Å². The molecule has 1 heterocycles. The molecule has 106 valence electrons. The van der Waals surface area contributed by atoms with Crippen LogP contribution in [0.4, 0.5) is 11.6 Å². The number of ether oxygens (including phenoxy) is 1. The van der Waals surface area contributed by atoms with Crippen molar-refractivity contribution < 1.29 is 9.66 Å². The van der Waals surface area contributed by atoms with Gasteiger partial charge in [0.15, 0.2) is 0 Å². The summed E-state index contributed by atoms with van der Waals surface area (Å²) in [4.78, 5) is 21.7. The van der Waals surface area contributed by atoms with E-state index in [4.69, 9.17) is 21.6 Å². The maximum atomic E-state index is 11.0. The first-order valence-electron chi connectivity index (χ1n) is 5.49. The van der Waals surface area contributed by atoms with Crippen LogP contribution in [-0.2, 0) is 0 Å². The highest BCUT2D eigenvalue weighted by atomic mass is 35.5. The van der Waals surface area contributed by atoms with Gasteiger partial charge in [0.2, 0.25) is 17.0 Å². The SMILES string of the molecule is CNc1nc(Cl)nc(Oc2ccc(C#N)cc2[N+](=O)[O-])n1. The number of nitro benzene ring substituents is 1. The van der Waals surface area contributed by atoms with Crippen molar-refractivity contribution in [2.45, 2.75) is 0 Å². The van der Waals surface area contributed by atoms with E-state index in [0.717, 1.165) is 6.07 Å². The lowest BCUT2D eigenvalue weighted by Gasteiger charge is -2.06. The van der Waals surface area contributed by atoms with Gasteiger partial charge in [-0.2, -0.15) is 20.2 Å². The van der Waals surface area contributed by atoms with Crippen molar-refractivity contribution in [1.82, 2.24) is 15.0 Å². The van der Waals surface area contributed by atoms with E-state index in [1.54, 1.807) is 7.05 Å². The van der Waals surface area contributed by atoms with Gasteiger partial charge in [0.05, 0.1) is 16.6 Å². The molecule has 2 rings (SSSR count). The van der Waals surface area contributed by atoms with Gasteiger partial charge in [-0.05, 0) is 23.7 Å². The fourth-order valence-corrected chi connectivity index (χ4v) is 1.56. The van der Waals surface area contributed by atoms with Gasteiger partial charge in [0, 0.05) is 13.1 Å². The van der Waals surface area contributed by atoms with Crippen LogP contribution in [0, 0.1) is 21.4 Å². The fraction of sp³-hybridized carbons (Fsp3) is 0.0909. The Balaban J connectivity index is 2.42. The second-order valence-electron chi connectivity index (χ2n) is 3.61. The maximum Gasteiger partial charge on any atom is 0.328 e. The Labute approximate surface area is 123 Å². The van der Waals surface area contributed by atoms with Crippen LogP contribution in [0.5, 0.6) is 11.8 Å². The molecule has 0 aliphatic heterocycles. The first-order chi connectivity index (χ1) is 10.0. The topological polar surface area (TPSA) is 127 Å². The van der Waals surface area contributed by atoms with E-state index in [9.17, 15) is 10.1 Å². The molecule has 0 spiro atoms. The van der Waals surface area contributed by atoms with Crippen molar-refractivity contribution in [3.63, 3.8) is 0 Å². The number of rotatable bonds is 4. The number of anilines is 1. The van der Waals surface area contributed by atoms with E-state index in [1.807, 2.05) is 6.07 Å². The lowest BCUT2D eigenvalue weighted by molar-refractivity contribution is -0.385. The van der Waals surface area contributed by atoms with E-state index in [1.165, 1.54) is 12.1 Å². The first-order valence-corrected chi connectivity index (χ1v) is 5.87. The van der Waals surface area contributed by atoms with E-state index in [-0.39, 0.29) is 34.2 Å². The number of aromatic nitrogens is 3. The molecular formula is C11H7ClN6O3. The number of halogens is 1. The molecule has 2 aromatic rings. The van der Waals surface area contributed by atoms with Gasteiger partial charge in [-0.25, -0.2) is 0 Å². The molecule has 1 aromatic heterocycles. The quantitative estimate of drug-likeness (QED) is 0.672. The van der Waals surface area contributed by atoms with Crippen LogP contribution in [0.2, 0.25) is 5.28 Å². The Hall–Kier alpha value is -2.99. The average Bonchev–Trinajstić information content (AvgIpc) is 2.46.